The molecule has 0 radical (unpaired) electrons. The van der Waals surface area contributed by atoms with Crippen LogP contribution in [0, 0.1) is 0 Å². The molecule has 1 fully saturated rings. The van der Waals surface area contributed by atoms with Crippen molar-refractivity contribution in [1.82, 2.24) is 0 Å². The predicted molar refractivity (Wildman–Crippen MR) is 65.4 cm³/mol. The van der Waals surface area contributed by atoms with E-state index in [1.54, 1.807) is 0 Å². The number of carbonyl (C=O) groups excluding carboxylic acids is 1. The number of carbonyl (C=O) groups is 1. The van der Waals surface area contributed by atoms with Crippen LogP contribution in [0.3, 0.4) is 0 Å². The molecule has 0 aliphatic carbocycles. The van der Waals surface area contributed by atoms with Crippen molar-refractivity contribution in [3.63, 3.8) is 0 Å². The molecule has 0 aromatic rings. The highest BCUT2D eigenvalue weighted by molar-refractivity contribution is 8.77. The molecule has 0 spiro atoms. The average molecular weight is 243 g/mol. The number of hydrogen-bond donors (Lipinski definition) is 1. The molecule has 1 saturated heterocycles. The Bertz CT molecular complexity index is 157. The molecular weight excluding hydrogens is 221 g/mol. The molecule has 1 rings (SSSR count). The van der Waals surface area contributed by atoms with E-state index in [9.17, 15) is 4.79 Å². The van der Waals surface area contributed by atoms with Crippen LogP contribution in [0.5, 0.6) is 0 Å². The number of primary amides is 1. The second-order valence-corrected chi connectivity index (χ2v) is 5.83. The van der Waals surface area contributed by atoms with Gasteiger partial charge in [0.1, 0.15) is 0 Å². The third-order valence-corrected chi connectivity index (χ3v) is 4.93. The topological polar surface area (TPSA) is 43.1 Å². The van der Waals surface area contributed by atoms with Crippen LogP contribution in [0.4, 0.5) is 4.72 Å². The molecule has 2 nitrogen and oxygen atoms in total. The van der Waals surface area contributed by atoms with E-state index in [1.807, 2.05) is 21.6 Å². The van der Waals surface area contributed by atoms with Crippen LogP contribution < -0.4 is 5.73 Å². The molecule has 1 unspecified atom stereocenters. The van der Waals surface area contributed by atoms with Gasteiger partial charge in [0.05, 0.1) is 0 Å². The van der Waals surface area contributed by atoms with Crippen LogP contribution in [-0.2, 0) is 4.79 Å². The fourth-order valence-electron chi connectivity index (χ4n) is 1.24. The summed E-state index contributed by atoms with van der Waals surface area (Å²) in [7, 11) is 3.97. The standard InChI is InChI=1S/C8H15NOS2.CH4.FH/c9-8(10)4-2-1-3-7-5-6-11-12-7;;/h7H,1-6H2,(H2,9,10);1H4;1H/i/hT. The first-order valence-electron chi connectivity index (χ1n) is 4.73. The number of rotatable bonds is 5. The van der Waals surface area contributed by atoms with Gasteiger partial charge in [-0.2, -0.15) is 0 Å². The van der Waals surface area contributed by atoms with Crippen molar-refractivity contribution in [3.05, 3.63) is 0 Å². The van der Waals surface area contributed by atoms with E-state index in [4.69, 9.17) is 10.5 Å². The summed E-state index contributed by atoms with van der Waals surface area (Å²) in [6.45, 7) is 0. The molecule has 86 valence electrons. The maximum atomic E-state index is 10.4. The summed E-state index contributed by atoms with van der Waals surface area (Å²) in [6, 6.07) is 0. The van der Waals surface area contributed by atoms with Crippen LogP contribution in [0.15, 0.2) is 0 Å². The molecule has 1 aliphatic heterocycles. The van der Waals surface area contributed by atoms with Gasteiger partial charge in [-0.15, -0.1) is 0 Å². The van der Waals surface area contributed by atoms with Gasteiger partial charge in [0, 0.05) is 17.4 Å². The minimum atomic E-state index is -0.163. The Morgan fingerprint density at radius 1 is 1.57 bits per heavy atom. The van der Waals surface area contributed by atoms with Crippen molar-refractivity contribution < 1.29 is 9.51 Å². The molecule has 1 atom stereocenters. The minimum Gasteiger partial charge on any atom is -0.370 e. The Balaban J connectivity index is 0. The highest BCUT2D eigenvalue weighted by Gasteiger charge is 2.15. The summed E-state index contributed by atoms with van der Waals surface area (Å²) >= 11 is 0. The molecule has 1 heterocycles. The minimum absolute atomic E-state index is 0. The van der Waals surface area contributed by atoms with Gasteiger partial charge in [0.2, 0.25) is 5.91 Å². The molecular formula is C9H20FNOS2. The van der Waals surface area contributed by atoms with Crippen molar-refractivity contribution in [1.29, 1.82) is 1.45 Å². The Morgan fingerprint density at radius 3 is 2.79 bits per heavy atom. The highest BCUT2D eigenvalue weighted by atomic mass is 33.1. The van der Waals surface area contributed by atoms with Gasteiger partial charge in [-0.3, -0.25) is 9.51 Å². The average Bonchev–Trinajstić information content (AvgIpc) is 2.68. The summed E-state index contributed by atoms with van der Waals surface area (Å²) < 4.78 is 13.0. The van der Waals surface area contributed by atoms with E-state index in [2.05, 4.69) is 1.45 Å². The van der Waals surface area contributed by atoms with Crippen molar-refractivity contribution in [2.45, 2.75) is 44.8 Å². The zero-order valence-corrected chi connectivity index (χ0v) is 9.13. The second kappa shape index (κ2) is 9.65. The molecule has 14 heavy (non-hydrogen) atoms. The van der Waals surface area contributed by atoms with Crippen LogP contribution >= 0.6 is 21.6 Å². The Morgan fingerprint density at radius 2 is 2.29 bits per heavy atom. The molecule has 0 aromatic heterocycles. The molecule has 1 amide bonds. The normalized spacial score (nSPS) is 20.1. The van der Waals surface area contributed by atoms with Gasteiger partial charge in [0.25, 0.3) is 1.45 Å². The number of nitrogens with two attached hydrogens (primary N) is 1. The first kappa shape index (κ1) is 14.1. The Labute approximate surface area is 95.1 Å². The van der Waals surface area contributed by atoms with Gasteiger partial charge < -0.3 is 5.73 Å². The number of halogens is 1. The van der Waals surface area contributed by atoms with Gasteiger partial charge in [-0.05, 0) is 19.3 Å². The predicted octanol–water partition coefficient (Wildman–Crippen LogP) is 2.97. The first-order chi connectivity index (χ1) is 6.79. The maximum absolute atomic E-state index is 10.4. The zero-order valence-electron chi connectivity index (χ0n) is 8.50. The van der Waals surface area contributed by atoms with E-state index in [-0.39, 0.29) is 13.3 Å². The van der Waals surface area contributed by atoms with Crippen LogP contribution in [0.25, 0.3) is 0 Å². The van der Waals surface area contributed by atoms with E-state index in [0.29, 0.717) is 6.42 Å². The number of hydrogen-bond acceptors (Lipinski definition) is 3. The van der Waals surface area contributed by atoms with Crippen molar-refractivity contribution >= 4 is 27.5 Å². The van der Waals surface area contributed by atoms with Gasteiger partial charge >= 0.3 is 0 Å². The van der Waals surface area contributed by atoms with Crippen molar-refractivity contribution in [2.75, 3.05) is 5.75 Å². The molecule has 2 N–H and O–H groups in total. The zero-order chi connectivity index (χ0) is 10.8. The molecule has 1 aliphatic rings. The molecule has 0 aromatic carbocycles. The molecule has 5 heteroatoms. The Kier molecular flexibility index (Phi) is 9.72. The second-order valence-electron chi connectivity index (χ2n) is 3.04. The lowest BCUT2D eigenvalue weighted by molar-refractivity contribution is -0.118. The first-order valence-corrected chi connectivity index (χ1v) is 6.74. The van der Waals surface area contributed by atoms with Gasteiger partial charge in [-0.1, -0.05) is 35.4 Å². The summed E-state index contributed by atoms with van der Waals surface area (Å²) in [5, 5.41) is 0.836. The van der Waals surface area contributed by atoms with E-state index >= 15 is 0 Å². The molecule has 0 saturated carbocycles. The quantitative estimate of drug-likeness (QED) is 0.596. The lowest BCUT2D eigenvalue weighted by Crippen LogP contribution is -2.10. The van der Waals surface area contributed by atoms with Crippen LogP contribution in [-0.4, -0.2) is 18.4 Å². The highest BCUT2D eigenvalue weighted by Crippen LogP contribution is 2.39. The molecule has 0 bridgehead atoms. The third-order valence-electron chi connectivity index (χ3n) is 1.93. The fourth-order valence-corrected chi connectivity index (χ4v) is 4.26. The van der Waals surface area contributed by atoms with E-state index < -0.39 is 0 Å². The Hall–Kier alpha value is 0.1000. The SMILES string of the molecule is C.NC(=O)CCCCC1CCSS1.[3H]F. The smallest absolute Gasteiger partial charge is 0.269 e. The summed E-state index contributed by atoms with van der Waals surface area (Å²) in [5.41, 5.74) is 5.04. The van der Waals surface area contributed by atoms with Crippen LogP contribution in [0.2, 0.25) is 0 Å². The summed E-state index contributed by atoms with van der Waals surface area (Å²) in [6.07, 6.45) is 5.28. The summed E-state index contributed by atoms with van der Waals surface area (Å²) in [5.74, 6) is 1.13. The van der Waals surface area contributed by atoms with Gasteiger partial charge in [0.15, 0.2) is 0 Å². The lowest BCUT2D eigenvalue weighted by atomic mass is 10.1. The monoisotopic (exact) mass is 243 g/mol. The largest absolute Gasteiger partial charge is 0.370 e. The third kappa shape index (κ3) is 7.50. The van der Waals surface area contributed by atoms with Crippen molar-refractivity contribution in [2.24, 2.45) is 5.73 Å². The van der Waals surface area contributed by atoms with Crippen LogP contribution in [0.1, 0.15) is 39.5 Å². The lowest BCUT2D eigenvalue weighted by Gasteiger charge is -2.05. The summed E-state index contributed by atoms with van der Waals surface area (Å²) in [4.78, 5) is 10.4. The van der Waals surface area contributed by atoms with Gasteiger partial charge in [-0.25, -0.2) is 0 Å². The van der Waals surface area contributed by atoms with E-state index in [0.717, 1.165) is 18.1 Å². The van der Waals surface area contributed by atoms with Crippen molar-refractivity contribution in [3.8, 4) is 0 Å². The number of amides is 1. The maximum Gasteiger partial charge on any atom is 0.269 e. The fraction of sp³-hybridized carbons (Fsp3) is 0.889. The van der Waals surface area contributed by atoms with E-state index in [1.165, 1.54) is 18.6 Å². The number of unbranched alkanes of at least 4 members (excludes halogenated alkanes) is 1.